The van der Waals surface area contributed by atoms with Crippen LogP contribution >= 0.6 is 18.8 Å². The van der Waals surface area contributed by atoms with Crippen molar-refractivity contribution in [3.05, 3.63) is 35.9 Å². The molecule has 0 radical (unpaired) electrons. The molecule has 0 bridgehead atoms. The molecule has 0 spiro atoms. The van der Waals surface area contributed by atoms with E-state index in [1.807, 2.05) is 18.2 Å². The van der Waals surface area contributed by atoms with Crippen LogP contribution in [-0.4, -0.2) is 48.0 Å². The predicted octanol–water partition coefficient (Wildman–Crippen LogP) is 3.45. The van der Waals surface area contributed by atoms with E-state index in [9.17, 15) is 4.79 Å². The number of piperidine rings is 1. The second kappa shape index (κ2) is 10.7. The van der Waals surface area contributed by atoms with Gasteiger partial charge < -0.3 is 5.32 Å². The molecule has 1 N–H and O–H groups in total. The average molecular weight is 395 g/mol. The maximum absolute atomic E-state index is 13.4. The maximum atomic E-state index is 13.4. The van der Waals surface area contributed by atoms with E-state index in [4.69, 9.17) is 0 Å². The average Bonchev–Trinajstić information content (AvgIpc) is 2.69. The van der Waals surface area contributed by atoms with Crippen LogP contribution in [0.15, 0.2) is 30.3 Å². The second-order valence-corrected chi connectivity index (χ2v) is 8.83. The van der Waals surface area contributed by atoms with Crippen molar-refractivity contribution in [1.82, 2.24) is 14.7 Å². The number of nitrogens with one attached hydrogen (secondary N) is 1. The molecule has 4 nitrogen and oxygen atoms in total. The molecule has 1 aliphatic rings. The quantitative estimate of drug-likeness (QED) is 0.651. The highest BCUT2D eigenvalue weighted by Gasteiger charge is 2.38. The molecule has 1 aromatic rings. The van der Waals surface area contributed by atoms with Crippen LogP contribution in [-0.2, 0) is 10.2 Å². The molecule has 3 unspecified atom stereocenters. The van der Waals surface area contributed by atoms with Crippen molar-refractivity contribution in [2.75, 3.05) is 32.7 Å². The largest absolute Gasteiger partial charge is 0.355 e. The summed E-state index contributed by atoms with van der Waals surface area (Å²) in [5.41, 5.74) is 0.682. The van der Waals surface area contributed by atoms with Gasteiger partial charge in [-0.05, 0) is 43.7 Å². The van der Waals surface area contributed by atoms with Crippen LogP contribution in [0.4, 0.5) is 0 Å². The summed E-state index contributed by atoms with van der Waals surface area (Å²) in [5, 5.41) is 3.31. The number of carbonyl (C=O) groups is 1. The lowest BCUT2D eigenvalue weighted by Crippen LogP contribution is -2.47. The number of nitrogens with zero attached hydrogens (tertiary/aromatic N) is 2. The summed E-state index contributed by atoms with van der Waals surface area (Å²) in [6.45, 7) is 9.13. The van der Waals surface area contributed by atoms with E-state index in [2.05, 4.69) is 59.4 Å². The third-order valence-electron chi connectivity index (χ3n) is 5.80. The van der Waals surface area contributed by atoms with Gasteiger partial charge in [-0.15, -0.1) is 0 Å². The molecule has 1 amide bonds. The third kappa shape index (κ3) is 5.73. The first-order chi connectivity index (χ1) is 12.5. The van der Waals surface area contributed by atoms with Crippen molar-refractivity contribution in [1.29, 1.82) is 0 Å². The lowest BCUT2D eigenvalue weighted by atomic mass is 9.74. The Labute approximate surface area is 164 Å². The number of carbonyl (C=O) groups excluding carboxylic acids is 1. The fraction of sp³-hybridized carbons (Fsp3) is 0.650. The first-order valence-electron chi connectivity index (χ1n) is 9.85. The van der Waals surface area contributed by atoms with E-state index in [1.54, 1.807) is 0 Å². The SMILES string of the molecule is CCN(P)CCC(CC)(C(=O)NCC1CCN(P)CC1)c1ccccc1. The Kier molecular flexibility index (Phi) is 8.97. The molecular formula is C20H35N3OP2. The van der Waals surface area contributed by atoms with Gasteiger partial charge in [0, 0.05) is 26.2 Å². The van der Waals surface area contributed by atoms with Gasteiger partial charge in [0.05, 0.1) is 5.41 Å². The molecule has 2 rings (SSSR count). The lowest BCUT2D eigenvalue weighted by Gasteiger charge is -2.35. The Morgan fingerprint density at radius 3 is 2.50 bits per heavy atom. The molecule has 0 saturated carbocycles. The zero-order chi connectivity index (χ0) is 19.0. The van der Waals surface area contributed by atoms with Crippen molar-refractivity contribution >= 4 is 24.7 Å². The molecule has 1 aromatic carbocycles. The standard InChI is InChI=1S/C20H35N3OP2/c1-3-20(12-15-22(25)4-2,18-8-6-5-7-9-18)19(24)21-16-17-10-13-23(26)14-11-17/h5-9,17H,3-4,10-16,25-26H2,1-2H3,(H,21,24). The molecular weight excluding hydrogens is 360 g/mol. The molecule has 1 heterocycles. The smallest absolute Gasteiger partial charge is 0.230 e. The molecule has 3 atom stereocenters. The molecule has 1 saturated heterocycles. The molecule has 0 aliphatic carbocycles. The van der Waals surface area contributed by atoms with E-state index in [-0.39, 0.29) is 5.91 Å². The highest BCUT2D eigenvalue weighted by Crippen LogP contribution is 2.33. The van der Waals surface area contributed by atoms with Crippen molar-refractivity contribution in [2.24, 2.45) is 5.92 Å². The molecule has 146 valence electrons. The summed E-state index contributed by atoms with van der Waals surface area (Å²) >= 11 is 0. The number of amides is 1. The van der Waals surface area contributed by atoms with Gasteiger partial charge in [0.1, 0.15) is 0 Å². The fourth-order valence-electron chi connectivity index (χ4n) is 3.74. The van der Waals surface area contributed by atoms with Crippen LogP contribution in [0.25, 0.3) is 0 Å². The van der Waals surface area contributed by atoms with Crippen LogP contribution in [0, 0.1) is 5.92 Å². The highest BCUT2D eigenvalue weighted by atomic mass is 31.0. The summed E-state index contributed by atoms with van der Waals surface area (Å²) in [7, 11) is 5.56. The minimum atomic E-state index is -0.452. The Balaban J connectivity index is 2.09. The van der Waals surface area contributed by atoms with Crippen molar-refractivity contribution < 1.29 is 4.79 Å². The van der Waals surface area contributed by atoms with Gasteiger partial charge in [-0.25, -0.2) is 0 Å². The summed E-state index contributed by atoms with van der Waals surface area (Å²) in [6, 6.07) is 10.3. The summed E-state index contributed by atoms with van der Waals surface area (Å²) < 4.78 is 4.49. The van der Waals surface area contributed by atoms with Crippen molar-refractivity contribution in [3.63, 3.8) is 0 Å². The predicted molar refractivity (Wildman–Crippen MR) is 117 cm³/mol. The normalized spacial score (nSPS) is 18.7. The van der Waals surface area contributed by atoms with Crippen LogP contribution < -0.4 is 5.32 Å². The van der Waals surface area contributed by atoms with Gasteiger partial charge in [0.15, 0.2) is 0 Å². The van der Waals surface area contributed by atoms with Gasteiger partial charge in [-0.3, -0.25) is 14.1 Å². The zero-order valence-electron chi connectivity index (χ0n) is 16.3. The molecule has 26 heavy (non-hydrogen) atoms. The van der Waals surface area contributed by atoms with Crippen molar-refractivity contribution in [2.45, 2.75) is 44.9 Å². The van der Waals surface area contributed by atoms with Crippen LogP contribution in [0.1, 0.15) is 45.1 Å². The van der Waals surface area contributed by atoms with Gasteiger partial charge in [0.2, 0.25) is 5.91 Å². The van der Waals surface area contributed by atoms with Crippen molar-refractivity contribution in [3.8, 4) is 0 Å². The number of hydrogen-bond donors (Lipinski definition) is 1. The number of rotatable bonds is 9. The highest BCUT2D eigenvalue weighted by molar-refractivity contribution is 7.13. The lowest BCUT2D eigenvalue weighted by molar-refractivity contribution is -0.127. The summed E-state index contributed by atoms with van der Waals surface area (Å²) in [4.78, 5) is 13.4. The van der Waals surface area contributed by atoms with E-state index >= 15 is 0 Å². The zero-order valence-corrected chi connectivity index (χ0v) is 18.6. The van der Waals surface area contributed by atoms with Gasteiger partial charge >= 0.3 is 0 Å². The van der Waals surface area contributed by atoms with E-state index in [0.29, 0.717) is 5.92 Å². The monoisotopic (exact) mass is 395 g/mol. The van der Waals surface area contributed by atoms with Gasteiger partial charge in [-0.2, -0.15) is 0 Å². The molecule has 1 fully saturated rings. The fourth-order valence-corrected chi connectivity index (χ4v) is 4.17. The molecule has 1 aliphatic heterocycles. The van der Waals surface area contributed by atoms with Gasteiger partial charge in [-0.1, -0.05) is 63.0 Å². The Morgan fingerprint density at radius 1 is 1.27 bits per heavy atom. The second-order valence-electron chi connectivity index (χ2n) is 7.37. The number of benzene rings is 1. The first-order valence-corrected chi connectivity index (χ1v) is 10.9. The minimum absolute atomic E-state index is 0.189. The Hall–Kier alpha value is -0.530. The number of hydrogen-bond acceptors (Lipinski definition) is 3. The van der Waals surface area contributed by atoms with Crippen LogP contribution in [0.3, 0.4) is 0 Å². The van der Waals surface area contributed by atoms with Crippen LogP contribution in [0.2, 0.25) is 0 Å². The third-order valence-corrected chi connectivity index (χ3v) is 6.94. The maximum Gasteiger partial charge on any atom is 0.230 e. The first kappa shape index (κ1) is 21.8. The summed E-state index contributed by atoms with van der Waals surface area (Å²) in [6.07, 6.45) is 3.96. The molecule has 6 heteroatoms. The Morgan fingerprint density at radius 2 is 1.92 bits per heavy atom. The van der Waals surface area contributed by atoms with Gasteiger partial charge in [0.25, 0.3) is 0 Å². The van der Waals surface area contributed by atoms with Crippen LogP contribution in [0.5, 0.6) is 0 Å². The van der Waals surface area contributed by atoms with E-state index < -0.39 is 5.41 Å². The topological polar surface area (TPSA) is 35.6 Å². The minimum Gasteiger partial charge on any atom is -0.355 e. The molecule has 0 aromatic heterocycles. The van der Waals surface area contributed by atoms with E-state index in [1.165, 1.54) is 0 Å². The van der Waals surface area contributed by atoms with E-state index in [0.717, 1.165) is 64.0 Å². The Bertz CT molecular complexity index is 549. The summed E-state index contributed by atoms with van der Waals surface area (Å²) in [5.74, 6) is 0.781.